The van der Waals surface area contributed by atoms with Crippen molar-refractivity contribution in [2.45, 2.75) is 25.7 Å². The van der Waals surface area contributed by atoms with E-state index < -0.39 is 0 Å². The van der Waals surface area contributed by atoms with Crippen LogP contribution in [0.25, 0.3) is 0 Å². The predicted molar refractivity (Wildman–Crippen MR) is 140 cm³/mol. The lowest BCUT2D eigenvalue weighted by molar-refractivity contribution is -0.128. The van der Waals surface area contributed by atoms with Crippen LogP contribution in [0.4, 0.5) is 17.1 Å². The number of carbonyl (C=O) groups excluding carboxylic acids is 3. The highest BCUT2D eigenvalue weighted by molar-refractivity contribution is 5.94. The first kappa shape index (κ1) is 25.5. The zero-order chi connectivity index (χ0) is 25.0. The van der Waals surface area contributed by atoms with Crippen LogP contribution in [0.2, 0.25) is 0 Å². The van der Waals surface area contributed by atoms with E-state index in [1.807, 2.05) is 66.7 Å². The van der Waals surface area contributed by atoms with Gasteiger partial charge in [-0.05, 0) is 60.4 Å². The normalized spacial score (nSPS) is 10.3. The first-order chi connectivity index (χ1) is 16.9. The summed E-state index contributed by atoms with van der Waals surface area (Å²) >= 11 is 0. The average molecular weight is 473 g/mol. The summed E-state index contributed by atoms with van der Waals surface area (Å²) in [7, 11) is 3.49. The van der Waals surface area contributed by atoms with Gasteiger partial charge in [-0.2, -0.15) is 0 Å². The van der Waals surface area contributed by atoms with Gasteiger partial charge in [0, 0.05) is 44.0 Å². The summed E-state index contributed by atoms with van der Waals surface area (Å²) in [5.41, 5.74) is 4.37. The molecule has 0 aliphatic carbocycles. The van der Waals surface area contributed by atoms with Crippen molar-refractivity contribution in [3.05, 3.63) is 90.0 Å². The van der Waals surface area contributed by atoms with Crippen LogP contribution < -0.4 is 16.0 Å². The molecule has 0 unspecified atom stereocenters. The molecule has 0 heterocycles. The fourth-order valence-corrected chi connectivity index (χ4v) is 3.41. The van der Waals surface area contributed by atoms with Gasteiger partial charge in [0.05, 0.1) is 6.54 Å². The van der Waals surface area contributed by atoms with Crippen LogP contribution in [0.5, 0.6) is 0 Å². The molecule has 35 heavy (non-hydrogen) atoms. The largest absolute Gasteiger partial charge is 0.376 e. The molecule has 0 atom stereocenters. The first-order valence-electron chi connectivity index (χ1n) is 11.7. The first-order valence-corrected chi connectivity index (χ1v) is 11.7. The Morgan fingerprint density at radius 3 is 1.77 bits per heavy atom. The lowest BCUT2D eigenvalue weighted by Crippen LogP contribution is -2.22. The van der Waals surface area contributed by atoms with Crippen LogP contribution in [0.15, 0.2) is 78.9 Å². The van der Waals surface area contributed by atoms with E-state index in [-0.39, 0.29) is 24.3 Å². The second kappa shape index (κ2) is 12.9. The minimum Gasteiger partial charge on any atom is -0.376 e. The van der Waals surface area contributed by atoms with Gasteiger partial charge in [-0.25, -0.2) is 0 Å². The summed E-state index contributed by atoms with van der Waals surface area (Å²) in [6.07, 6.45) is 2.23. The maximum Gasteiger partial charge on any atom is 0.243 e. The van der Waals surface area contributed by atoms with Crippen molar-refractivity contribution in [1.29, 1.82) is 0 Å². The van der Waals surface area contributed by atoms with E-state index in [0.717, 1.165) is 16.8 Å². The molecule has 182 valence electrons. The Kier molecular flexibility index (Phi) is 9.42. The van der Waals surface area contributed by atoms with Gasteiger partial charge in [-0.15, -0.1) is 0 Å². The maximum absolute atomic E-state index is 12.3. The zero-order valence-corrected chi connectivity index (χ0v) is 20.2. The monoisotopic (exact) mass is 472 g/mol. The van der Waals surface area contributed by atoms with Crippen molar-refractivity contribution in [2.75, 3.05) is 36.6 Å². The molecule has 0 aromatic heterocycles. The van der Waals surface area contributed by atoms with Crippen LogP contribution in [0, 0.1) is 0 Å². The number of amides is 3. The number of hydrogen-bond acceptors (Lipinski definition) is 4. The summed E-state index contributed by atoms with van der Waals surface area (Å²) < 4.78 is 0. The van der Waals surface area contributed by atoms with Crippen molar-refractivity contribution in [3.8, 4) is 0 Å². The molecule has 0 saturated carbocycles. The number of hydrogen-bond donors (Lipinski definition) is 3. The van der Waals surface area contributed by atoms with E-state index in [9.17, 15) is 14.4 Å². The topological polar surface area (TPSA) is 90.5 Å². The lowest BCUT2D eigenvalue weighted by atomic mass is 10.1. The number of carbonyl (C=O) groups is 3. The zero-order valence-electron chi connectivity index (χ0n) is 20.2. The molecule has 0 radical (unpaired) electrons. The van der Waals surface area contributed by atoms with Gasteiger partial charge in [-0.1, -0.05) is 42.5 Å². The van der Waals surface area contributed by atoms with Crippen molar-refractivity contribution < 1.29 is 14.4 Å². The molecule has 3 aromatic rings. The van der Waals surface area contributed by atoms with E-state index in [1.54, 1.807) is 31.1 Å². The van der Waals surface area contributed by atoms with Crippen molar-refractivity contribution in [3.63, 3.8) is 0 Å². The highest BCUT2D eigenvalue weighted by Gasteiger charge is 2.07. The Hall–Kier alpha value is -4.13. The van der Waals surface area contributed by atoms with Gasteiger partial charge in [0.1, 0.15) is 0 Å². The highest BCUT2D eigenvalue weighted by Crippen LogP contribution is 2.15. The number of benzene rings is 3. The van der Waals surface area contributed by atoms with E-state index in [4.69, 9.17) is 0 Å². The number of aryl methyl sites for hydroxylation is 2. The molecule has 0 aliphatic heterocycles. The standard InChI is InChI=1S/C28H32N4O3/c1-32(2)28(35)19-11-22-8-12-24(13-9-22)31-27(34)20-29-23-14-16-25(17-15-23)30-26(33)18-10-21-6-4-3-5-7-21/h3-9,12-17,29H,10-11,18-20H2,1-2H3,(H,30,33)(H,31,34). The fraction of sp³-hybridized carbons (Fsp3) is 0.250. The summed E-state index contributed by atoms with van der Waals surface area (Å²) in [5.74, 6) is -0.116. The van der Waals surface area contributed by atoms with Gasteiger partial charge < -0.3 is 20.9 Å². The molecule has 0 fully saturated rings. The summed E-state index contributed by atoms with van der Waals surface area (Å²) in [4.78, 5) is 37.7. The molecule has 7 nitrogen and oxygen atoms in total. The summed E-state index contributed by atoms with van der Waals surface area (Å²) in [6, 6.07) is 24.7. The van der Waals surface area contributed by atoms with Crippen LogP contribution in [-0.4, -0.2) is 43.3 Å². The Bertz CT molecular complexity index is 1110. The third-order valence-electron chi connectivity index (χ3n) is 5.47. The lowest BCUT2D eigenvalue weighted by Gasteiger charge is -2.11. The SMILES string of the molecule is CN(C)C(=O)CCc1ccc(NC(=O)CNc2ccc(NC(=O)CCc3ccccc3)cc2)cc1. The Morgan fingerprint density at radius 2 is 1.14 bits per heavy atom. The van der Waals surface area contributed by atoms with E-state index in [0.29, 0.717) is 37.1 Å². The van der Waals surface area contributed by atoms with Gasteiger partial charge in [0.15, 0.2) is 0 Å². The Balaban J connectivity index is 1.38. The molecular weight excluding hydrogens is 440 g/mol. The van der Waals surface area contributed by atoms with E-state index in [2.05, 4.69) is 16.0 Å². The molecule has 3 aromatic carbocycles. The molecule has 3 amide bonds. The van der Waals surface area contributed by atoms with Crippen molar-refractivity contribution in [1.82, 2.24) is 4.90 Å². The average Bonchev–Trinajstić information content (AvgIpc) is 2.87. The van der Waals surface area contributed by atoms with Crippen LogP contribution >= 0.6 is 0 Å². The molecule has 7 heteroatoms. The minimum absolute atomic E-state index is 0.0377. The van der Waals surface area contributed by atoms with Gasteiger partial charge in [0.25, 0.3) is 0 Å². The molecular formula is C28H32N4O3. The molecule has 3 N–H and O–H groups in total. The van der Waals surface area contributed by atoms with Gasteiger partial charge >= 0.3 is 0 Å². The van der Waals surface area contributed by atoms with Crippen LogP contribution in [0.3, 0.4) is 0 Å². The summed E-state index contributed by atoms with van der Waals surface area (Å²) in [5, 5.41) is 8.83. The molecule has 0 spiro atoms. The predicted octanol–water partition coefficient (Wildman–Crippen LogP) is 4.33. The van der Waals surface area contributed by atoms with E-state index in [1.165, 1.54) is 0 Å². The number of nitrogens with zero attached hydrogens (tertiary/aromatic N) is 1. The third kappa shape index (κ3) is 8.97. The second-order valence-electron chi connectivity index (χ2n) is 8.50. The smallest absolute Gasteiger partial charge is 0.243 e. The maximum atomic E-state index is 12.3. The second-order valence-corrected chi connectivity index (χ2v) is 8.50. The Labute approximate surface area is 206 Å². The summed E-state index contributed by atoms with van der Waals surface area (Å²) in [6.45, 7) is 0.113. The van der Waals surface area contributed by atoms with E-state index >= 15 is 0 Å². The molecule has 0 bridgehead atoms. The fourth-order valence-electron chi connectivity index (χ4n) is 3.41. The molecule has 0 aliphatic rings. The van der Waals surface area contributed by atoms with Crippen molar-refractivity contribution >= 4 is 34.8 Å². The third-order valence-corrected chi connectivity index (χ3v) is 5.47. The molecule has 0 saturated heterocycles. The number of nitrogens with one attached hydrogen (secondary N) is 3. The van der Waals surface area contributed by atoms with Crippen LogP contribution in [-0.2, 0) is 27.2 Å². The van der Waals surface area contributed by atoms with Crippen molar-refractivity contribution in [2.24, 2.45) is 0 Å². The van der Waals surface area contributed by atoms with Gasteiger partial charge in [0.2, 0.25) is 17.7 Å². The molecule has 3 rings (SSSR count). The van der Waals surface area contributed by atoms with Gasteiger partial charge in [-0.3, -0.25) is 14.4 Å². The number of anilines is 3. The quantitative estimate of drug-likeness (QED) is 0.387. The highest BCUT2D eigenvalue weighted by atomic mass is 16.2. The van der Waals surface area contributed by atoms with Crippen LogP contribution in [0.1, 0.15) is 24.0 Å². The minimum atomic E-state index is -0.168. The Morgan fingerprint density at radius 1 is 0.629 bits per heavy atom. The number of rotatable bonds is 11.